The second kappa shape index (κ2) is 7.21. The highest BCUT2D eigenvalue weighted by Gasteiger charge is 2.16. The van der Waals surface area contributed by atoms with Crippen molar-refractivity contribution < 1.29 is 4.74 Å². The van der Waals surface area contributed by atoms with E-state index in [0.717, 1.165) is 25.1 Å². The van der Waals surface area contributed by atoms with E-state index in [9.17, 15) is 0 Å². The van der Waals surface area contributed by atoms with Crippen LogP contribution in [-0.2, 0) is 4.74 Å². The summed E-state index contributed by atoms with van der Waals surface area (Å²) in [7, 11) is 0. The van der Waals surface area contributed by atoms with Gasteiger partial charge in [0.2, 0.25) is 5.95 Å². The number of anilines is 3. The van der Waals surface area contributed by atoms with Crippen LogP contribution in [0.4, 0.5) is 17.5 Å². The first-order valence-corrected chi connectivity index (χ1v) is 8.87. The summed E-state index contributed by atoms with van der Waals surface area (Å²) in [6.07, 6.45) is 5.67. The van der Waals surface area contributed by atoms with E-state index in [1.54, 1.807) is 12.4 Å². The highest BCUT2D eigenvalue weighted by atomic mass is 16.5. The van der Waals surface area contributed by atoms with Crippen molar-refractivity contribution in [2.75, 3.05) is 23.8 Å². The van der Waals surface area contributed by atoms with E-state index in [2.05, 4.69) is 56.5 Å². The lowest BCUT2D eigenvalue weighted by molar-refractivity contribution is 0.120. The topological polar surface area (TPSA) is 84.9 Å². The number of ether oxygens (including phenoxy) is 1. The Labute approximate surface area is 152 Å². The van der Waals surface area contributed by atoms with Gasteiger partial charge in [-0.1, -0.05) is 6.07 Å². The maximum atomic E-state index is 5.65. The van der Waals surface area contributed by atoms with Crippen LogP contribution in [0.15, 0.2) is 30.6 Å². The van der Waals surface area contributed by atoms with E-state index in [4.69, 9.17) is 4.74 Å². The van der Waals surface area contributed by atoms with Crippen LogP contribution in [-0.4, -0.2) is 39.2 Å². The molecule has 0 radical (unpaired) electrons. The number of fused-ring (bicyclic) bond motifs is 1. The molecular weight excluding hydrogens is 328 g/mol. The molecule has 3 heterocycles. The Hall–Kier alpha value is -2.80. The van der Waals surface area contributed by atoms with Crippen LogP contribution in [0.25, 0.3) is 11.2 Å². The van der Waals surface area contributed by atoms with Crippen LogP contribution in [0, 0.1) is 13.8 Å². The molecule has 0 bridgehead atoms. The first-order chi connectivity index (χ1) is 12.7. The molecule has 134 valence electrons. The molecule has 1 aliphatic heterocycles. The van der Waals surface area contributed by atoms with Crippen molar-refractivity contribution in [3.05, 3.63) is 41.7 Å². The minimum Gasteiger partial charge on any atom is -0.376 e. The van der Waals surface area contributed by atoms with Crippen LogP contribution < -0.4 is 10.6 Å². The highest BCUT2D eigenvalue weighted by molar-refractivity contribution is 5.85. The summed E-state index contributed by atoms with van der Waals surface area (Å²) in [5.41, 5.74) is 4.64. The van der Waals surface area contributed by atoms with E-state index in [-0.39, 0.29) is 6.10 Å². The second-order valence-corrected chi connectivity index (χ2v) is 6.56. The summed E-state index contributed by atoms with van der Waals surface area (Å²) in [6.45, 7) is 5.70. The normalized spacial score (nSPS) is 16.8. The molecule has 1 atom stereocenters. The summed E-state index contributed by atoms with van der Waals surface area (Å²) >= 11 is 0. The Morgan fingerprint density at radius 2 is 2.00 bits per heavy atom. The average Bonchev–Trinajstić information content (AvgIpc) is 3.17. The molecule has 4 rings (SSSR count). The van der Waals surface area contributed by atoms with Gasteiger partial charge >= 0.3 is 0 Å². The molecule has 1 aromatic carbocycles. The maximum Gasteiger partial charge on any atom is 0.226 e. The molecule has 0 spiro atoms. The predicted molar refractivity (Wildman–Crippen MR) is 102 cm³/mol. The molecule has 7 heteroatoms. The molecule has 0 aliphatic carbocycles. The van der Waals surface area contributed by atoms with E-state index in [1.807, 2.05) is 6.07 Å². The summed E-state index contributed by atoms with van der Waals surface area (Å²) in [4.78, 5) is 17.8. The third-order valence-electron chi connectivity index (χ3n) is 4.61. The van der Waals surface area contributed by atoms with Gasteiger partial charge in [0.15, 0.2) is 17.0 Å². The standard InChI is InChI=1S/C19H22N6O/c1-12-5-6-14(10-13(12)2)23-18-16-17(21-8-7-20-16)24-19(25-18)22-11-15-4-3-9-26-15/h5-8,10,15H,3-4,9,11H2,1-2H3,(H2,21,22,23,24,25)/t15-/m1/s1. The van der Waals surface area contributed by atoms with E-state index in [1.165, 1.54) is 11.1 Å². The van der Waals surface area contributed by atoms with Gasteiger partial charge in [0, 0.05) is 31.2 Å². The number of aryl methyl sites for hydroxylation is 2. The number of rotatable bonds is 5. The van der Waals surface area contributed by atoms with Crippen molar-refractivity contribution in [2.24, 2.45) is 0 Å². The fraction of sp³-hybridized carbons (Fsp3) is 0.368. The molecule has 2 aromatic heterocycles. The highest BCUT2D eigenvalue weighted by Crippen LogP contribution is 2.24. The minimum atomic E-state index is 0.215. The van der Waals surface area contributed by atoms with Crippen molar-refractivity contribution in [2.45, 2.75) is 32.8 Å². The number of benzene rings is 1. The molecule has 0 saturated carbocycles. The van der Waals surface area contributed by atoms with Crippen molar-refractivity contribution in [1.29, 1.82) is 0 Å². The molecule has 2 N–H and O–H groups in total. The molecule has 1 aliphatic rings. The van der Waals surface area contributed by atoms with Crippen molar-refractivity contribution in [1.82, 2.24) is 19.9 Å². The maximum absolute atomic E-state index is 5.65. The smallest absolute Gasteiger partial charge is 0.226 e. The first kappa shape index (κ1) is 16.7. The van der Waals surface area contributed by atoms with Crippen LogP contribution in [0.1, 0.15) is 24.0 Å². The number of hydrogen-bond acceptors (Lipinski definition) is 7. The van der Waals surface area contributed by atoms with Crippen LogP contribution >= 0.6 is 0 Å². The number of hydrogen-bond donors (Lipinski definition) is 2. The third kappa shape index (κ3) is 3.57. The Bertz CT molecular complexity index is 923. The van der Waals surface area contributed by atoms with Gasteiger partial charge < -0.3 is 15.4 Å². The summed E-state index contributed by atoms with van der Waals surface area (Å²) < 4.78 is 5.65. The van der Waals surface area contributed by atoms with Crippen molar-refractivity contribution >= 4 is 28.6 Å². The predicted octanol–water partition coefficient (Wildman–Crippen LogP) is 3.37. The van der Waals surface area contributed by atoms with Crippen molar-refractivity contribution in [3.8, 4) is 0 Å². The van der Waals surface area contributed by atoms with Gasteiger partial charge in [-0.25, -0.2) is 9.97 Å². The molecule has 0 unspecified atom stereocenters. The van der Waals surface area contributed by atoms with Crippen LogP contribution in [0.3, 0.4) is 0 Å². The van der Waals surface area contributed by atoms with E-state index < -0.39 is 0 Å². The zero-order valence-electron chi connectivity index (χ0n) is 15.0. The lowest BCUT2D eigenvalue weighted by Gasteiger charge is -2.13. The molecule has 3 aromatic rings. The van der Waals surface area contributed by atoms with Gasteiger partial charge in [0.25, 0.3) is 0 Å². The summed E-state index contributed by atoms with van der Waals surface area (Å²) in [6, 6.07) is 6.22. The zero-order chi connectivity index (χ0) is 17.9. The molecule has 7 nitrogen and oxygen atoms in total. The van der Waals surface area contributed by atoms with Crippen LogP contribution in [0.2, 0.25) is 0 Å². The number of nitrogens with zero attached hydrogens (tertiary/aromatic N) is 4. The lowest BCUT2D eigenvalue weighted by Crippen LogP contribution is -2.20. The Morgan fingerprint density at radius 3 is 2.81 bits per heavy atom. The Morgan fingerprint density at radius 1 is 1.12 bits per heavy atom. The van der Waals surface area contributed by atoms with Gasteiger partial charge in [0.1, 0.15) is 0 Å². The summed E-state index contributed by atoms with van der Waals surface area (Å²) in [5, 5.41) is 6.63. The third-order valence-corrected chi connectivity index (χ3v) is 4.61. The number of aromatic nitrogens is 4. The molecule has 1 fully saturated rings. The second-order valence-electron chi connectivity index (χ2n) is 6.56. The fourth-order valence-electron chi connectivity index (χ4n) is 3.00. The van der Waals surface area contributed by atoms with Crippen LogP contribution in [0.5, 0.6) is 0 Å². The van der Waals surface area contributed by atoms with Gasteiger partial charge in [-0.3, -0.25) is 0 Å². The fourth-order valence-corrected chi connectivity index (χ4v) is 3.00. The monoisotopic (exact) mass is 350 g/mol. The molecule has 26 heavy (non-hydrogen) atoms. The summed E-state index contributed by atoms with van der Waals surface area (Å²) in [5.74, 6) is 1.17. The first-order valence-electron chi connectivity index (χ1n) is 8.87. The van der Waals surface area contributed by atoms with E-state index in [0.29, 0.717) is 29.5 Å². The molecular formula is C19H22N6O. The quantitative estimate of drug-likeness (QED) is 0.729. The zero-order valence-corrected chi connectivity index (χ0v) is 15.0. The van der Waals surface area contributed by atoms with Crippen molar-refractivity contribution in [3.63, 3.8) is 0 Å². The minimum absolute atomic E-state index is 0.215. The average molecular weight is 350 g/mol. The van der Waals surface area contributed by atoms with Gasteiger partial charge in [-0.05, 0) is 49.9 Å². The molecule has 0 amide bonds. The van der Waals surface area contributed by atoms with Gasteiger partial charge in [-0.2, -0.15) is 9.97 Å². The molecule has 1 saturated heterocycles. The largest absolute Gasteiger partial charge is 0.376 e. The van der Waals surface area contributed by atoms with Gasteiger partial charge in [-0.15, -0.1) is 0 Å². The van der Waals surface area contributed by atoms with Gasteiger partial charge in [0.05, 0.1) is 6.10 Å². The lowest BCUT2D eigenvalue weighted by atomic mass is 10.1. The Balaban J connectivity index is 1.63. The van der Waals surface area contributed by atoms with E-state index >= 15 is 0 Å². The number of nitrogens with one attached hydrogen (secondary N) is 2. The Kier molecular flexibility index (Phi) is 4.62. The SMILES string of the molecule is Cc1ccc(Nc2nc(NC[C@H]3CCCO3)nc3nccnc23)cc1C.